The fourth-order valence-electron chi connectivity index (χ4n) is 3.22. The number of ether oxygens (including phenoxy) is 2. The summed E-state index contributed by atoms with van der Waals surface area (Å²) in [5.41, 5.74) is 2.33. The van der Waals surface area contributed by atoms with Gasteiger partial charge in [-0.05, 0) is 41.7 Å². The summed E-state index contributed by atoms with van der Waals surface area (Å²) in [7, 11) is 0. The van der Waals surface area contributed by atoms with Crippen LogP contribution in [0.2, 0.25) is 0 Å². The molecule has 0 spiro atoms. The molecule has 0 unspecified atom stereocenters. The number of para-hydroxylation sites is 1. The average molecular weight is 456 g/mol. The number of carbonyl (C=O) groups excluding carboxylic acids is 2. The summed E-state index contributed by atoms with van der Waals surface area (Å²) in [5, 5.41) is 4.86. The zero-order valence-corrected chi connectivity index (χ0v) is 19.3. The van der Waals surface area contributed by atoms with Crippen molar-refractivity contribution in [2.24, 2.45) is 0 Å². The molecule has 0 aliphatic heterocycles. The summed E-state index contributed by atoms with van der Waals surface area (Å²) < 4.78 is 24.3. The van der Waals surface area contributed by atoms with Crippen LogP contribution in [0, 0.1) is 5.82 Å². The van der Waals surface area contributed by atoms with Crippen molar-refractivity contribution >= 4 is 28.2 Å². The Balaban J connectivity index is 1.81. The van der Waals surface area contributed by atoms with Crippen LogP contribution in [0.15, 0.2) is 53.9 Å². The van der Waals surface area contributed by atoms with Gasteiger partial charge in [0, 0.05) is 10.9 Å². The Morgan fingerprint density at radius 2 is 1.75 bits per heavy atom. The summed E-state index contributed by atoms with van der Waals surface area (Å²) in [6, 6.07) is 13.4. The van der Waals surface area contributed by atoms with Crippen LogP contribution in [0.5, 0.6) is 5.75 Å². The Labute approximate surface area is 191 Å². The van der Waals surface area contributed by atoms with Crippen LogP contribution in [-0.4, -0.2) is 25.1 Å². The second kappa shape index (κ2) is 9.96. The van der Waals surface area contributed by atoms with Gasteiger partial charge >= 0.3 is 5.97 Å². The zero-order chi connectivity index (χ0) is 23.3. The van der Waals surface area contributed by atoms with E-state index in [1.165, 1.54) is 23.5 Å². The number of anilines is 1. The highest BCUT2D eigenvalue weighted by atomic mass is 32.1. The van der Waals surface area contributed by atoms with Crippen molar-refractivity contribution in [3.63, 3.8) is 0 Å². The van der Waals surface area contributed by atoms with Crippen LogP contribution >= 0.6 is 11.3 Å². The molecular formula is C25H26FNO4S. The molecule has 0 saturated carbocycles. The number of esters is 1. The molecule has 0 fully saturated rings. The minimum Gasteiger partial charge on any atom is -0.483 e. The Morgan fingerprint density at radius 3 is 2.41 bits per heavy atom. The lowest BCUT2D eigenvalue weighted by atomic mass is 9.86. The summed E-state index contributed by atoms with van der Waals surface area (Å²) in [6.07, 6.45) is 0. The smallest absolute Gasteiger partial charge is 0.341 e. The quantitative estimate of drug-likeness (QED) is 0.441. The van der Waals surface area contributed by atoms with E-state index in [1.807, 2.05) is 24.3 Å². The fourth-order valence-corrected chi connectivity index (χ4v) is 4.19. The van der Waals surface area contributed by atoms with Crippen molar-refractivity contribution in [2.75, 3.05) is 18.5 Å². The van der Waals surface area contributed by atoms with Crippen molar-refractivity contribution < 1.29 is 23.5 Å². The summed E-state index contributed by atoms with van der Waals surface area (Å²) in [5.74, 6) is -0.684. The molecular weight excluding hydrogens is 429 g/mol. The van der Waals surface area contributed by atoms with Crippen LogP contribution in [0.3, 0.4) is 0 Å². The first kappa shape index (κ1) is 23.5. The minimum absolute atomic E-state index is 0.137. The molecule has 0 atom stereocenters. The Kier molecular flexibility index (Phi) is 7.30. The summed E-state index contributed by atoms with van der Waals surface area (Å²) >= 11 is 1.20. The van der Waals surface area contributed by atoms with Crippen LogP contribution in [-0.2, 0) is 14.9 Å². The van der Waals surface area contributed by atoms with Gasteiger partial charge in [0.1, 0.15) is 22.1 Å². The molecule has 3 rings (SSSR count). The van der Waals surface area contributed by atoms with Crippen LogP contribution in [0.1, 0.15) is 43.6 Å². The number of rotatable bonds is 7. The molecule has 0 radical (unpaired) electrons. The number of amides is 1. The number of carbonyl (C=O) groups is 2. The van der Waals surface area contributed by atoms with Gasteiger partial charge < -0.3 is 14.8 Å². The molecule has 0 aliphatic rings. The Morgan fingerprint density at radius 1 is 1.06 bits per heavy atom. The van der Waals surface area contributed by atoms with E-state index in [0.29, 0.717) is 21.9 Å². The molecule has 32 heavy (non-hydrogen) atoms. The third-order valence-electron chi connectivity index (χ3n) is 4.73. The van der Waals surface area contributed by atoms with Gasteiger partial charge in [-0.1, -0.05) is 51.1 Å². The third kappa shape index (κ3) is 5.53. The highest BCUT2D eigenvalue weighted by Crippen LogP contribution is 2.36. The molecule has 1 N–H and O–H groups in total. The normalized spacial score (nSPS) is 11.2. The number of halogens is 1. The number of thiophene rings is 1. The molecule has 168 valence electrons. The van der Waals surface area contributed by atoms with E-state index < -0.39 is 11.9 Å². The molecule has 1 aromatic heterocycles. The van der Waals surface area contributed by atoms with E-state index in [-0.39, 0.29) is 30.0 Å². The molecule has 0 saturated heterocycles. The predicted octanol–water partition coefficient (Wildman–Crippen LogP) is 6.05. The maximum Gasteiger partial charge on any atom is 0.341 e. The number of hydrogen-bond acceptors (Lipinski definition) is 5. The van der Waals surface area contributed by atoms with Gasteiger partial charge in [0.05, 0.1) is 6.61 Å². The van der Waals surface area contributed by atoms with Gasteiger partial charge in [-0.25, -0.2) is 9.18 Å². The molecule has 0 aliphatic carbocycles. The van der Waals surface area contributed by atoms with Gasteiger partial charge in [-0.3, -0.25) is 4.79 Å². The van der Waals surface area contributed by atoms with Crippen molar-refractivity contribution in [3.8, 4) is 16.9 Å². The van der Waals surface area contributed by atoms with Gasteiger partial charge in [-0.2, -0.15) is 0 Å². The second-order valence-electron chi connectivity index (χ2n) is 8.16. The van der Waals surface area contributed by atoms with E-state index >= 15 is 0 Å². The molecule has 2 aromatic carbocycles. The van der Waals surface area contributed by atoms with Gasteiger partial charge in [-0.15, -0.1) is 11.3 Å². The Hall–Kier alpha value is -3.19. The molecule has 0 bridgehead atoms. The minimum atomic E-state index is -0.553. The maximum atomic E-state index is 13.3. The van der Waals surface area contributed by atoms with Gasteiger partial charge in [0.25, 0.3) is 5.91 Å². The predicted molar refractivity (Wildman–Crippen MR) is 125 cm³/mol. The van der Waals surface area contributed by atoms with Crippen LogP contribution in [0.25, 0.3) is 11.1 Å². The second-order valence-corrected chi connectivity index (χ2v) is 9.04. The van der Waals surface area contributed by atoms with Crippen molar-refractivity contribution in [1.29, 1.82) is 0 Å². The zero-order valence-electron chi connectivity index (χ0n) is 18.5. The van der Waals surface area contributed by atoms with Crippen molar-refractivity contribution in [1.82, 2.24) is 0 Å². The number of hydrogen-bond donors (Lipinski definition) is 1. The van der Waals surface area contributed by atoms with E-state index in [2.05, 4.69) is 26.1 Å². The van der Waals surface area contributed by atoms with Gasteiger partial charge in [0.2, 0.25) is 0 Å². The lowest BCUT2D eigenvalue weighted by Crippen LogP contribution is -2.22. The van der Waals surface area contributed by atoms with E-state index in [9.17, 15) is 14.0 Å². The van der Waals surface area contributed by atoms with Crippen molar-refractivity contribution in [3.05, 3.63) is 70.9 Å². The number of nitrogens with one attached hydrogen (secondary N) is 1. The van der Waals surface area contributed by atoms with E-state index in [1.54, 1.807) is 24.4 Å². The largest absolute Gasteiger partial charge is 0.483 e. The number of benzene rings is 2. The third-order valence-corrected chi connectivity index (χ3v) is 5.63. The molecule has 1 heterocycles. The topological polar surface area (TPSA) is 64.6 Å². The van der Waals surface area contributed by atoms with Crippen LogP contribution in [0.4, 0.5) is 9.39 Å². The molecule has 1 amide bonds. The SMILES string of the molecule is CCOC(=O)c1c(-c2ccc(F)cc2)csc1NC(=O)COc1ccccc1C(C)(C)C. The average Bonchev–Trinajstić information content (AvgIpc) is 3.16. The monoisotopic (exact) mass is 455 g/mol. The van der Waals surface area contributed by atoms with E-state index in [0.717, 1.165) is 5.56 Å². The highest BCUT2D eigenvalue weighted by Gasteiger charge is 2.23. The lowest BCUT2D eigenvalue weighted by Gasteiger charge is -2.22. The standard InChI is InChI=1S/C25H26FNO4S/c1-5-30-24(29)22-18(16-10-12-17(26)13-11-16)15-32-23(22)27-21(28)14-31-20-9-7-6-8-19(20)25(2,3)4/h6-13,15H,5,14H2,1-4H3,(H,27,28). The molecule has 3 aromatic rings. The molecule has 5 nitrogen and oxygen atoms in total. The lowest BCUT2D eigenvalue weighted by molar-refractivity contribution is -0.118. The highest BCUT2D eigenvalue weighted by molar-refractivity contribution is 7.15. The first-order chi connectivity index (χ1) is 15.2. The van der Waals surface area contributed by atoms with E-state index in [4.69, 9.17) is 9.47 Å². The molecule has 7 heteroatoms. The van der Waals surface area contributed by atoms with Crippen LogP contribution < -0.4 is 10.1 Å². The maximum absolute atomic E-state index is 13.3. The van der Waals surface area contributed by atoms with Crippen molar-refractivity contribution in [2.45, 2.75) is 33.1 Å². The van der Waals surface area contributed by atoms with Gasteiger partial charge in [0.15, 0.2) is 6.61 Å². The first-order valence-electron chi connectivity index (χ1n) is 10.3. The fraction of sp³-hybridized carbons (Fsp3) is 0.280. The first-order valence-corrected chi connectivity index (χ1v) is 11.2. The summed E-state index contributed by atoms with van der Waals surface area (Å²) in [6.45, 7) is 7.91. The summed E-state index contributed by atoms with van der Waals surface area (Å²) in [4.78, 5) is 25.3. The Bertz CT molecular complexity index is 1100.